The first-order chi connectivity index (χ1) is 37.5. The number of aromatic hydroxyl groups is 1. The number of alkyl halides is 1. The van der Waals surface area contributed by atoms with Crippen molar-refractivity contribution < 1.29 is 183 Å². The second kappa shape index (κ2) is 36.1. The third-order valence-corrected chi connectivity index (χ3v) is 12.5. The van der Waals surface area contributed by atoms with E-state index in [0.29, 0.717) is 80.3 Å². The Morgan fingerprint density at radius 2 is 1.07 bits per heavy atom. The SMILES string of the molecule is CCOC(=O)CCc1cc2cc(O)cnc2n1Cc1ccc(Cl)cc1.CCOC(=O)CCc1cc2cc(OCc3ccc4ccccc4n3)cnc2n1Cc1ccc(Cl)cc1.Cl.ClCc1ccc2ccccc2n1.O=CO[O-].[Cs+].[Cs+].[H-]. The van der Waals surface area contributed by atoms with Gasteiger partial charge in [-0.25, -0.2) is 15.0 Å². The molecule has 0 radical (unpaired) electrons. The average molecular weight is 1400 g/mol. The molecule has 0 saturated heterocycles. The molecule has 4 aromatic carbocycles. The van der Waals surface area contributed by atoms with Crippen LogP contribution in [0.15, 0.2) is 158 Å². The number of para-hydroxylation sites is 2. The van der Waals surface area contributed by atoms with E-state index < -0.39 is 0 Å². The van der Waals surface area contributed by atoms with Crippen LogP contribution in [0.5, 0.6) is 11.5 Å². The number of pyridine rings is 4. The summed E-state index contributed by atoms with van der Waals surface area (Å²) in [6, 6.07) is 47.1. The smallest absolute Gasteiger partial charge is 1.00 e. The van der Waals surface area contributed by atoms with Crippen LogP contribution in [0.3, 0.4) is 0 Å². The van der Waals surface area contributed by atoms with Crippen LogP contribution in [-0.4, -0.2) is 65.8 Å². The number of benzene rings is 4. The Morgan fingerprint density at radius 3 is 1.55 bits per heavy atom. The first-order valence-electron chi connectivity index (χ1n) is 24.5. The Kier molecular flexibility index (Phi) is 31.1. The maximum Gasteiger partial charge on any atom is 1.00 e. The van der Waals surface area contributed by atoms with Crippen molar-refractivity contribution in [1.82, 2.24) is 29.1 Å². The van der Waals surface area contributed by atoms with Crippen molar-refractivity contribution in [2.24, 2.45) is 0 Å². The number of aryl methyl sites for hydroxylation is 2. The summed E-state index contributed by atoms with van der Waals surface area (Å²) in [5.41, 5.74) is 9.48. The summed E-state index contributed by atoms with van der Waals surface area (Å²) < 4.78 is 20.4. The van der Waals surface area contributed by atoms with Crippen LogP contribution in [0.4, 0.5) is 0 Å². The van der Waals surface area contributed by atoms with Gasteiger partial charge in [0.15, 0.2) is 0 Å². The van der Waals surface area contributed by atoms with Crippen molar-refractivity contribution in [2.75, 3.05) is 13.2 Å². The molecule has 15 nitrogen and oxygen atoms in total. The number of rotatable bonds is 17. The molecular weight excluding hydrogens is 1340 g/mol. The minimum absolute atomic E-state index is 0. The van der Waals surface area contributed by atoms with Gasteiger partial charge in [-0.3, -0.25) is 19.4 Å². The second-order valence-electron chi connectivity index (χ2n) is 17.1. The number of carbonyl (C=O) groups excluding carboxylic acids is 3. The standard InChI is InChI=1S/C29H26ClN3O3.C19H19ClN2O3.C10H8ClN.CH2O3.ClH.2Cs.H/c1-2-35-28(34)14-13-25-15-22-16-26(36-19-24-12-9-21-5-3-4-6-27(21)32-24)17-31-29(22)33(25)18-20-7-10-23(30)11-8-20;1-2-25-18(24)8-7-16-9-14-10-17(23)11-21-19(14)22(16)12-13-3-5-15(20)6-4-13;11-7-9-6-5-8-3-1-2-4-10(8)12-9;2-1-4-3;;;;/h3-12,15-17H,2,13-14,18-19H2,1H3;3-6,9-11,23H,2,7-8,12H2,1H3;1-6H,7H2;1,3H;1H;;;/q;;;;;2*+1;-1/p-1. The molecule has 0 aliphatic carbocycles. The number of carbonyl (C=O) groups is 3. The van der Waals surface area contributed by atoms with Crippen LogP contribution < -0.4 is 148 Å². The zero-order valence-corrected chi connectivity index (χ0v) is 60.2. The van der Waals surface area contributed by atoms with E-state index in [9.17, 15) is 14.7 Å². The zero-order valence-electron chi connectivity index (χ0n) is 45.6. The maximum atomic E-state index is 12.0. The largest absolute Gasteiger partial charge is 1.00 e. The van der Waals surface area contributed by atoms with E-state index in [-0.39, 0.29) is 176 Å². The van der Waals surface area contributed by atoms with Gasteiger partial charge in [-0.2, -0.15) is 0 Å². The summed E-state index contributed by atoms with van der Waals surface area (Å²) in [5.74, 6) is 0.832. The van der Waals surface area contributed by atoms with Crippen LogP contribution in [0.25, 0.3) is 43.9 Å². The molecule has 1 N–H and O–H groups in total. The van der Waals surface area contributed by atoms with Gasteiger partial charge in [0.05, 0.1) is 66.8 Å². The average Bonchev–Trinajstić information content (AvgIpc) is 4.01. The number of ether oxygens (including phenoxy) is 3. The fourth-order valence-corrected chi connectivity index (χ4v) is 8.61. The molecule has 0 aliphatic rings. The van der Waals surface area contributed by atoms with E-state index in [1.165, 1.54) is 6.20 Å². The molecular formula is C59H56Cl4Cs2N6O9. The second-order valence-corrected chi connectivity index (χ2v) is 18.2. The van der Waals surface area contributed by atoms with Gasteiger partial charge in [0.2, 0.25) is 0 Å². The van der Waals surface area contributed by atoms with Gasteiger partial charge < -0.3 is 40.0 Å². The molecule has 6 aromatic heterocycles. The van der Waals surface area contributed by atoms with Crippen molar-refractivity contribution in [3.63, 3.8) is 0 Å². The minimum Gasteiger partial charge on any atom is -1.00 e. The third kappa shape index (κ3) is 20.9. The molecule has 0 spiro atoms. The summed E-state index contributed by atoms with van der Waals surface area (Å²) in [4.78, 5) is 53.1. The first-order valence-corrected chi connectivity index (χ1v) is 25.8. The number of fused-ring (bicyclic) bond motifs is 4. The number of hydrogen-bond acceptors (Lipinski definition) is 13. The first kappa shape index (κ1) is 68.8. The monoisotopic (exact) mass is 1400 g/mol. The number of aromatic nitrogens is 6. The topological polar surface area (TPSA) is 193 Å². The van der Waals surface area contributed by atoms with Gasteiger partial charge >= 0.3 is 150 Å². The Labute approximate surface area is 603 Å². The molecule has 0 amide bonds. The van der Waals surface area contributed by atoms with Gasteiger partial charge in [-0.1, -0.05) is 96.0 Å². The summed E-state index contributed by atoms with van der Waals surface area (Å²) in [6.45, 7) is 5.75. The summed E-state index contributed by atoms with van der Waals surface area (Å²) in [6.07, 6.45) is 4.87. The van der Waals surface area contributed by atoms with Crippen molar-refractivity contribution in [3.05, 3.63) is 202 Å². The molecule has 0 saturated carbocycles. The Bertz CT molecular complexity index is 3580. The number of hydrogen-bond donors (Lipinski definition) is 1. The minimum atomic E-state index is -0.221. The number of nitrogens with zero attached hydrogens (tertiary/aromatic N) is 6. The van der Waals surface area contributed by atoms with Crippen molar-refractivity contribution >= 4 is 109 Å². The van der Waals surface area contributed by atoms with E-state index in [1.54, 1.807) is 19.2 Å². The van der Waals surface area contributed by atoms with Crippen LogP contribution in [0, 0.1) is 0 Å². The molecule has 0 aliphatic heterocycles. The number of esters is 2. The molecule has 0 fully saturated rings. The number of halogens is 4. The summed E-state index contributed by atoms with van der Waals surface area (Å²) in [5, 5.41) is 23.5. The van der Waals surface area contributed by atoms with E-state index in [4.69, 9.17) is 64.0 Å². The van der Waals surface area contributed by atoms with Crippen LogP contribution in [-0.2, 0) is 67.2 Å². The van der Waals surface area contributed by atoms with Gasteiger partial charge in [0.1, 0.15) is 29.4 Å². The van der Waals surface area contributed by atoms with Gasteiger partial charge in [-0.05, 0) is 111 Å². The molecule has 10 rings (SSSR count). The fourth-order valence-electron chi connectivity index (χ4n) is 8.21. The molecule has 21 heteroatoms. The van der Waals surface area contributed by atoms with E-state index in [2.05, 4.69) is 41.1 Å². The Hall–Kier alpha value is -3.69. The van der Waals surface area contributed by atoms with Crippen molar-refractivity contribution in [2.45, 2.75) is 65.1 Å². The predicted molar refractivity (Wildman–Crippen MR) is 305 cm³/mol. The fraction of sp³-hybridized carbons (Fsp3) is 0.203. The zero-order chi connectivity index (χ0) is 54.5. The molecule has 6 heterocycles. The molecule has 0 atom stereocenters. The third-order valence-electron chi connectivity index (χ3n) is 11.8. The van der Waals surface area contributed by atoms with E-state index in [0.717, 1.165) is 77.8 Å². The van der Waals surface area contributed by atoms with Crippen LogP contribution in [0.2, 0.25) is 10.0 Å². The predicted octanol–water partition coefficient (Wildman–Crippen LogP) is 6.25. The van der Waals surface area contributed by atoms with Crippen LogP contribution >= 0.6 is 47.2 Å². The van der Waals surface area contributed by atoms with Gasteiger partial charge in [-0.15, -0.1) is 24.0 Å². The summed E-state index contributed by atoms with van der Waals surface area (Å²) in [7, 11) is 0. The molecule has 406 valence electrons. The Morgan fingerprint density at radius 1 is 0.625 bits per heavy atom. The normalized spacial score (nSPS) is 10.3. The molecule has 0 bridgehead atoms. The summed E-state index contributed by atoms with van der Waals surface area (Å²) >= 11 is 17.7. The molecule has 80 heavy (non-hydrogen) atoms. The van der Waals surface area contributed by atoms with Gasteiger partial charge in [0, 0.05) is 56.1 Å². The molecule has 0 unspecified atom stereocenters. The maximum absolute atomic E-state index is 12.0. The molecule has 10 aromatic rings. The Balaban J connectivity index is 0.000000332. The van der Waals surface area contributed by atoms with Crippen LogP contribution in [0.1, 0.15) is 62.0 Å². The van der Waals surface area contributed by atoms with Crippen molar-refractivity contribution in [3.8, 4) is 11.5 Å². The quantitative estimate of drug-likeness (QED) is 0.0354. The van der Waals surface area contributed by atoms with Gasteiger partial charge in [0.25, 0.3) is 6.47 Å². The van der Waals surface area contributed by atoms with E-state index >= 15 is 0 Å². The van der Waals surface area contributed by atoms with Crippen molar-refractivity contribution in [1.29, 1.82) is 0 Å². The van der Waals surface area contributed by atoms with E-state index in [1.807, 2.05) is 134 Å².